The molecule has 126 valence electrons. The SMILES string of the molecule is COc1ccc(Cc2nc3ccc(Cl)cc3n2C(C)C)cc1OC. The molecule has 3 aromatic rings. The maximum Gasteiger partial charge on any atom is 0.161 e. The van der Waals surface area contributed by atoms with E-state index in [-0.39, 0.29) is 0 Å². The van der Waals surface area contributed by atoms with Crippen molar-refractivity contribution >= 4 is 22.6 Å². The average molecular weight is 345 g/mol. The number of hydrogen-bond donors (Lipinski definition) is 0. The lowest BCUT2D eigenvalue weighted by Crippen LogP contribution is -2.07. The van der Waals surface area contributed by atoms with E-state index in [0.29, 0.717) is 12.5 Å². The quantitative estimate of drug-likeness (QED) is 0.662. The summed E-state index contributed by atoms with van der Waals surface area (Å²) in [6.45, 7) is 4.31. The van der Waals surface area contributed by atoms with Gasteiger partial charge >= 0.3 is 0 Å². The summed E-state index contributed by atoms with van der Waals surface area (Å²) in [7, 11) is 3.28. The van der Waals surface area contributed by atoms with Gasteiger partial charge in [0, 0.05) is 17.5 Å². The van der Waals surface area contributed by atoms with Crippen LogP contribution in [0.15, 0.2) is 36.4 Å². The van der Waals surface area contributed by atoms with Gasteiger partial charge in [0.05, 0.1) is 25.3 Å². The predicted molar refractivity (Wildman–Crippen MR) is 97.5 cm³/mol. The molecule has 0 saturated carbocycles. The summed E-state index contributed by atoms with van der Waals surface area (Å²) in [6.07, 6.45) is 0.713. The van der Waals surface area contributed by atoms with E-state index in [0.717, 1.165) is 38.9 Å². The number of fused-ring (bicyclic) bond motifs is 1. The Morgan fingerprint density at radius 2 is 1.79 bits per heavy atom. The van der Waals surface area contributed by atoms with Gasteiger partial charge in [0.25, 0.3) is 0 Å². The highest BCUT2D eigenvalue weighted by molar-refractivity contribution is 6.31. The number of hydrogen-bond acceptors (Lipinski definition) is 3. The largest absolute Gasteiger partial charge is 0.493 e. The fraction of sp³-hybridized carbons (Fsp3) is 0.316. The lowest BCUT2D eigenvalue weighted by molar-refractivity contribution is 0.354. The number of imidazole rings is 1. The molecule has 0 aliphatic heterocycles. The predicted octanol–water partition coefficient (Wildman–Crippen LogP) is 4.88. The van der Waals surface area contributed by atoms with Crippen molar-refractivity contribution in [3.8, 4) is 11.5 Å². The Labute approximate surface area is 147 Å². The fourth-order valence-corrected chi connectivity index (χ4v) is 3.16. The molecule has 24 heavy (non-hydrogen) atoms. The Kier molecular flexibility index (Phi) is 4.67. The van der Waals surface area contributed by atoms with Crippen molar-refractivity contribution < 1.29 is 9.47 Å². The third-order valence-corrected chi connectivity index (χ3v) is 4.29. The summed E-state index contributed by atoms with van der Waals surface area (Å²) in [5.41, 5.74) is 3.15. The van der Waals surface area contributed by atoms with Crippen molar-refractivity contribution in [2.24, 2.45) is 0 Å². The molecule has 2 aromatic carbocycles. The van der Waals surface area contributed by atoms with E-state index < -0.39 is 0 Å². The first kappa shape index (κ1) is 16.7. The minimum Gasteiger partial charge on any atom is -0.493 e. The molecule has 1 aromatic heterocycles. The normalized spacial score (nSPS) is 11.2. The second-order valence-electron chi connectivity index (χ2n) is 5.99. The van der Waals surface area contributed by atoms with Crippen LogP contribution in [-0.4, -0.2) is 23.8 Å². The van der Waals surface area contributed by atoms with Gasteiger partial charge < -0.3 is 14.0 Å². The minimum atomic E-state index is 0.295. The van der Waals surface area contributed by atoms with E-state index in [4.69, 9.17) is 26.1 Å². The lowest BCUT2D eigenvalue weighted by atomic mass is 10.1. The van der Waals surface area contributed by atoms with Crippen molar-refractivity contribution in [1.29, 1.82) is 0 Å². The first-order valence-electron chi connectivity index (χ1n) is 7.90. The Morgan fingerprint density at radius 3 is 2.46 bits per heavy atom. The standard InChI is InChI=1S/C19H21ClN2O2/c1-12(2)22-16-11-14(20)6-7-15(16)21-19(22)10-13-5-8-17(23-3)18(9-13)24-4/h5-9,11-12H,10H2,1-4H3. The molecule has 1 heterocycles. The molecule has 0 aliphatic carbocycles. The third kappa shape index (κ3) is 3.06. The molecule has 4 nitrogen and oxygen atoms in total. The molecule has 0 bridgehead atoms. The second-order valence-corrected chi connectivity index (χ2v) is 6.43. The van der Waals surface area contributed by atoms with Crippen LogP contribution in [0, 0.1) is 0 Å². The van der Waals surface area contributed by atoms with E-state index in [2.05, 4.69) is 18.4 Å². The van der Waals surface area contributed by atoms with E-state index in [1.165, 1.54) is 0 Å². The molecule has 3 rings (SSSR count). The number of ether oxygens (including phenoxy) is 2. The van der Waals surface area contributed by atoms with E-state index in [1.54, 1.807) is 14.2 Å². The summed E-state index contributed by atoms with van der Waals surface area (Å²) in [5, 5.41) is 0.724. The van der Waals surface area contributed by atoms with E-state index in [9.17, 15) is 0 Å². The van der Waals surface area contributed by atoms with Gasteiger partial charge in [0.1, 0.15) is 5.82 Å². The van der Waals surface area contributed by atoms with Crippen molar-refractivity contribution in [2.75, 3.05) is 14.2 Å². The molecule has 0 N–H and O–H groups in total. The zero-order chi connectivity index (χ0) is 17.3. The highest BCUT2D eigenvalue weighted by Gasteiger charge is 2.15. The number of rotatable bonds is 5. The van der Waals surface area contributed by atoms with Gasteiger partial charge in [-0.2, -0.15) is 0 Å². The van der Waals surface area contributed by atoms with Crippen LogP contribution in [0.3, 0.4) is 0 Å². The van der Waals surface area contributed by atoms with Crippen LogP contribution >= 0.6 is 11.6 Å². The second kappa shape index (κ2) is 6.73. The summed E-state index contributed by atoms with van der Waals surface area (Å²) in [4.78, 5) is 4.80. The number of methoxy groups -OCH3 is 2. The molecule has 0 saturated heterocycles. The molecule has 0 amide bonds. The number of aromatic nitrogens is 2. The zero-order valence-electron chi connectivity index (χ0n) is 14.3. The van der Waals surface area contributed by atoms with Crippen LogP contribution in [0.4, 0.5) is 0 Å². The number of benzene rings is 2. The van der Waals surface area contributed by atoms with E-state index in [1.807, 2.05) is 36.4 Å². The minimum absolute atomic E-state index is 0.295. The topological polar surface area (TPSA) is 36.3 Å². The van der Waals surface area contributed by atoms with Gasteiger partial charge in [-0.25, -0.2) is 4.98 Å². The summed E-state index contributed by atoms with van der Waals surface area (Å²) in [5.74, 6) is 2.46. The molecule has 0 spiro atoms. The molecule has 0 unspecified atom stereocenters. The van der Waals surface area contributed by atoms with Crippen LogP contribution in [0.5, 0.6) is 11.5 Å². The van der Waals surface area contributed by atoms with Crippen molar-refractivity contribution in [1.82, 2.24) is 9.55 Å². The van der Waals surface area contributed by atoms with Gasteiger partial charge in [-0.15, -0.1) is 0 Å². The fourth-order valence-electron chi connectivity index (χ4n) is 2.99. The Hall–Kier alpha value is -2.20. The number of halogens is 1. The van der Waals surface area contributed by atoms with Gasteiger partial charge in [0.2, 0.25) is 0 Å². The molecular weight excluding hydrogens is 324 g/mol. The highest BCUT2D eigenvalue weighted by atomic mass is 35.5. The number of nitrogens with zero attached hydrogens (tertiary/aromatic N) is 2. The van der Waals surface area contributed by atoms with Crippen LogP contribution in [0.25, 0.3) is 11.0 Å². The third-order valence-electron chi connectivity index (χ3n) is 4.05. The van der Waals surface area contributed by atoms with Crippen LogP contribution in [0.2, 0.25) is 5.02 Å². The first-order chi connectivity index (χ1) is 11.5. The van der Waals surface area contributed by atoms with Gasteiger partial charge in [-0.3, -0.25) is 0 Å². The lowest BCUT2D eigenvalue weighted by Gasteiger charge is -2.14. The summed E-state index contributed by atoms with van der Waals surface area (Å²) in [6, 6.07) is 12.1. The highest BCUT2D eigenvalue weighted by Crippen LogP contribution is 2.30. The molecule has 5 heteroatoms. The van der Waals surface area contributed by atoms with Gasteiger partial charge in [-0.1, -0.05) is 17.7 Å². The molecule has 0 radical (unpaired) electrons. The van der Waals surface area contributed by atoms with Gasteiger partial charge in [-0.05, 0) is 49.7 Å². The molecule has 0 fully saturated rings. The Balaban J connectivity index is 2.05. The Bertz CT molecular complexity index is 871. The average Bonchev–Trinajstić information content (AvgIpc) is 2.91. The van der Waals surface area contributed by atoms with Crippen molar-refractivity contribution in [3.63, 3.8) is 0 Å². The first-order valence-corrected chi connectivity index (χ1v) is 8.28. The maximum absolute atomic E-state index is 6.17. The van der Waals surface area contributed by atoms with E-state index >= 15 is 0 Å². The summed E-state index contributed by atoms with van der Waals surface area (Å²) < 4.78 is 12.9. The smallest absolute Gasteiger partial charge is 0.161 e. The Morgan fingerprint density at radius 1 is 1.04 bits per heavy atom. The van der Waals surface area contributed by atoms with Crippen LogP contribution in [0.1, 0.15) is 31.3 Å². The summed E-state index contributed by atoms with van der Waals surface area (Å²) >= 11 is 6.17. The van der Waals surface area contributed by atoms with Crippen LogP contribution in [-0.2, 0) is 6.42 Å². The van der Waals surface area contributed by atoms with Crippen LogP contribution < -0.4 is 9.47 Å². The maximum atomic E-state index is 6.17. The monoisotopic (exact) mass is 344 g/mol. The molecular formula is C19H21ClN2O2. The van der Waals surface area contributed by atoms with Crippen molar-refractivity contribution in [2.45, 2.75) is 26.3 Å². The molecule has 0 atom stereocenters. The van der Waals surface area contributed by atoms with Crippen molar-refractivity contribution in [3.05, 3.63) is 52.8 Å². The molecule has 0 aliphatic rings. The zero-order valence-corrected chi connectivity index (χ0v) is 15.1. The van der Waals surface area contributed by atoms with Gasteiger partial charge in [0.15, 0.2) is 11.5 Å².